The minimum atomic E-state index is -0.187. The number of H-pyrrole nitrogens is 2. The van der Waals surface area contributed by atoms with Crippen molar-refractivity contribution >= 4 is 11.0 Å². The van der Waals surface area contributed by atoms with Crippen molar-refractivity contribution in [3.05, 3.63) is 70.5 Å². The van der Waals surface area contributed by atoms with E-state index in [0.29, 0.717) is 17.9 Å². The Balaban J connectivity index is 1.90. The number of hydrogen-bond donors (Lipinski definition) is 2. The third-order valence-electron chi connectivity index (χ3n) is 4.12. The van der Waals surface area contributed by atoms with Gasteiger partial charge in [-0.2, -0.15) is 9.94 Å². The van der Waals surface area contributed by atoms with Crippen LogP contribution in [0.1, 0.15) is 12.0 Å². The van der Waals surface area contributed by atoms with Gasteiger partial charge in [0.2, 0.25) is 5.95 Å². The van der Waals surface area contributed by atoms with Gasteiger partial charge < -0.3 is 4.98 Å². The van der Waals surface area contributed by atoms with Crippen LogP contribution in [0.3, 0.4) is 0 Å². The lowest BCUT2D eigenvalue weighted by atomic mass is 10.0. The highest BCUT2D eigenvalue weighted by atomic mass is 16.1. The number of hydrogen-bond acceptors (Lipinski definition) is 3. The van der Waals surface area contributed by atoms with Gasteiger partial charge in [0.05, 0.1) is 22.8 Å². The molecule has 0 bridgehead atoms. The zero-order valence-corrected chi connectivity index (χ0v) is 13.4. The van der Waals surface area contributed by atoms with E-state index in [1.807, 2.05) is 54.6 Å². The molecule has 2 N–H and O–H groups in total. The van der Waals surface area contributed by atoms with E-state index < -0.39 is 0 Å². The van der Waals surface area contributed by atoms with Crippen LogP contribution < -0.4 is 5.56 Å². The van der Waals surface area contributed by atoms with Crippen molar-refractivity contribution in [3.8, 4) is 23.3 Å². The van der Waals surface area contributed by atoms with Crippen LogP contribution in [0.15, 0.2) is 59.4 Å². The standard InChI is InChI=1S/C19H15N5O/c20-12-6-9-14-17(13-7-2-1-3-8-13)23-24(18(14)25)19-21-15-10-4-5-11-16(15)22-19/h1-5,7-8,10-11,23H,6,9H2,(H,21,22). The molecule has 0 amide bonds. The number of fused-ring (bicyclic) bond motifs is 1. The van der Waals surface area contributed by atoms with Gasteiger partial charge in [0.1, 0.15) is 0 Å². The first-order valence-electron chi connectivity index (χ1n) is 7.99. The number of rotatable bonds is 4. The molecule has 4 aromatic rings. The largest absolute Gasteiger partial charge is 0.322 e. The molecule has 122 valence electrons. The van der Waals surface area contributed by atoms with E-state index in [2.05, 4.69) is 21.1 Å². The van der Waals surface area contributed by atoms with Crippen LogP contribution in [-0.2, 0) is 6.42 Å². The van der Waals surface area contributed by atoms with E-state index in [0.717, 1.165) is 22.3 Å². The molecule has 0 fully saturated rings. The molecule has 6 heteroatoms. The molecular formula is C19H15N5O. The van der Waals surface area contributed by atoms with Gasteiger partial charge >= 0.3 is 0 Å². The summed E-state index contributed by atoms with van der Waals surface area (Å²) in [5.74, 6) is 0.437. The zero-order chi connectivity index (χ0) is 17.2. The molecule has 0 aliphatic carbocycles. The maximum atomic E-state index is 12.9. The van der Waals surface area contributed by atoms with Crippen LogP contribution >= 0.6 is 0 Å². The lowest BCUT2D eigenvalue weighted by molar-refractivity contribution is 0.800. The number of benzene rings is 2. The number of aromatic amines is 2. The monoisotopic (exact) mass is 329 g/mol. The van der Waals surface area contributed by atoms with E-state index >= 15 is 0 Å². The summed E-state index contributed by atoms with van der Waals surface area (Å²) in [6, 6.07) is 19.3. The molecule has 25 heavy (non-hydrogen) atoms. The second kappa shape index (κ2) is 6.13. The SMILES string of the molecule is N#CCCc1c(-c2ccccc2)[nH]n(-c2nc3ccccc3[nH]2)c1=O. The molecule has 0 radical (unpaired) electrons. The molecule has 2 aromatic heterocycles. The predicted molar refractivity (Wildman–Crippen MR) is 95.4 cm³/mol. The second-order valence-corrected chi connectivity index (χ2v) is 5.71. The summed E-state index contributed by atoms with van der Waals surface area (Å²) in [5.41, 5.74) is 3.68. The first kappa shape index (κ1) is 15.0. The van der Waals surface area contributed by atoms with E-state index in [1.165, 1.54) is 4.68 Å². The summed E-state index contributed by atoms with van der Waals surface area (Å²) < 4.78 is 1.41. The maximum absolute atomic E-state index is 12.9. The van der Waals surface area contributed by atoms with Gasteiger partial charge in [-0.05, 0) is 24.1 Å². The van der Waals surface area contributed by atoms with Gasteiger partial charge in [0.25, 0.3) is 5.56 Å². The summed E-state index contributed by atoms with van der Waals surface area (Å²) in [6.45, 7) is 0. The molecule has 0 unspecified atom stereocenters. The molecule has 0 atom stereocenters. The van der Waals surface area contributed by atoms with Crippen molar-refractivity contribution in [2.24, 2.45) is 0 Å². The normalized spacial score (nSPS) is 10.8. The summed E-state index contributed by atoms with van der Waals surface area (Å²) >= 11 is 0. The van der Waals surface area contributed by atoms with Crippen molar-refractivity contribution in [3.63, 3.8) is 0 Å². The smallest absolute Gasteiger partial charge is 0.277 e. The van der Waals surface area contributed by atoms with Crippen LogP contribution in [0.2, 0.25) is 0 Å². The average molecular weight is 329 g/mol. The molecule has 0 aliphatic rings. The minimum absolute atomic E-state index is 0.187. The zero-order valence-electron chi connectivity index (χ0n) is 13.4. The number of imidazole rings is 1. The van der Waals surface area contributed by atoms with Gasteiger partial charge in [-0.25, -0.2) is 4.98 Å². The maximum Gasteiger partial charge on any atom is 0.277 e. The van der Waals surface area contributed by atoms with Crippen LogP contribution in [-0.4, -0.2) is 19.7 Å². The molecular weight excluding hydrogens is 314 g/mol. The minimum Gasteiger partial charge on any atom is -0.322 e. The number of aromatic nitrogens is 4. The molecule has 4 rings (SSSR count). The quantitative estimate of drug-likeness (QED) is 0.602. The van der Waals surface area contributed by atoms with Gasteiger partial charge in [-0.3, -0.25) is 9.89 Å². The van der Waals surface area contributed by atoms with Gasteiger partial charge in [0, 0.05) is 12.0 Å². The molecule has 0 aliphatic heterocycles. The van der Waals surface area contributed by atoms with Crippen LogP contribution in [0.4, 0.5) is 0 Å². The fourth-order valence-electron chi connectivity index (χ4n) is 2.92. The predicted octanol–water partition coefficient (Wildman–Crippen LogP) is 3.17. The lowest BCUT2D eigenvalue weighted by Crippen LogP contribution is -2.18. The lowest BCUT2D eigenvalue weighted by Gasteiger charge is -2.00. The van der Waals surface area contributed by atoms with Gasteiger partial charge in [-0.15, -0.1) is 0 Å². The Kier molecular flexibility index (Phi) is 3.67. The van der Waals surface area contributed by atoms with Crippen molar-refractivity contribution in [1.29, 1.82) is 5.26 Å². The average Bonchev–Trinajstić information content (AvgIpc) is 3.21. The van der Waals surface area contributed by atoms with Gasteiger partial charge in [0.15, 0.2) is 0 Å². The molecule has 0 saturated carbocycles. The topological polar surface area (TPSA) is 90.3 Å². The Morgan fingerprint density at radius 3 is 2.60 bits per heavy atom. The number of nitriles is 1. The highest BCUT2D eigenvalue weighted by Crippen LogP contribution is 2.21. The Labute approximate surface area is 143 Å². The van der Waals surface area contributed by atoms with E-state index in [1.54, 1.807) is 0 Å². The van der Waals surface area contributed by atoms with Crippen molar-refractivity contribution in [1.82, 2.24) is 19.7 Å². The fourth-order valence-corrected chi connectivity index (χ4v) is 2.92. The fraction of sp³-hybridized carbons (Fsp3) is 0.105. The van der Waals surface area contributed by atoms with Crippen LogP contribution in [0.5, 0.6) is 0 Å². The van der Waals surface area contributed by atoms with Crippen LogP contribution in [0, 0.1) is 11.3 Å². The Morgan fingerprint density at radius 1 is 1.08 bits per heavy atom. The molecule has 6 nitrogen and oxygen atoms in total. The van der Waals surface area contributed by atoms with Crippen molar-refractivity contribution in [2.45, 2.75) is 12.8 Å². The summed E-state index contributed by atoms with van der Waals surface area (Å²) in [7, 11) is 0. The Morgan fingerprint density at radius 2 is 1.84 bits per heavy atom. The molecule has 2 heterocycles. The highest BCUT2D eigenvalue weighted by molar-refractivity contribution is 5.76. The first-order valence-corrected chi connectivity index (χ1v) is 7.99. The number of nitrogens with zero attached hydrogens (tertiary/aromatic N) is 3. The highest BCUT2D eigenvalue weighted by Gasteiger charge is 2.18. The van der Waals surface area contributed by atoms with E-state index in [9.17, 15) is 4.79 Å². The number of para-hydroxylation sites is 2. The third kappa shape index (κ3) is 2.62. The Bertz CT molecular complexity index is 1100. The van der Waals surface area contributed by atoms with Crippen molar-refractivity contribution < 1.29 is 0 Å². The van der Waals surface area contributed by atoms with Crippen molar-refractivity contribution in [2.75, 3.05) is 0 Å². The van der Waals surface area contributed by atoms with E-state index in [4.69, 9.17) is 5.26 Å². The van der Waals surface area contributed by atoms with Gasteiger partial charge in [-0.1, -0.05) is 42.5 Å². The summed E-state index contributed by atoms with van der Waals surface area (Å²) in [5, 5.41) is 12.1. The third-order valence-corrected chi connectivity index (χ3v) is 4.12. The Hall–Kier alpha value is -3.59. The second-order valence-electron chi connectivity index (χ2n) is 5.71. The molecule has 0 spiro atoms. The van der Waals surface area contributed by atoms with Crippen LogP contribution in [0.25, 0.3) is 28.2 Å². The number of nitrogens with one attached hydrogen (secondary N) is 2. The molecule has 0 saturated heterocycles. The molecule has 2 aromatic carbocycles. The first-order chi connectivity index (χ1) is 12.3. The van der Waals surface area contributed by atoms with E-state index in [-0.39, 0.29) is 12.0 Å². The summed E-state index contributed by atoms with van der Waals surface area (Å²) in [6.07, 6.45) is 0.677. The summed E-state index contributed by atoms with van der Waals surface area (Å²) in [4.78, 5) is 20.5.